The average Bonchev–Trinajstić information content (AvgIpc) is 2.29. The van der Waals surface area contributed by atoms with Crippen LogP contribution >= 0.6 is 0 Å². The number of aromatic nitrogens is 1. The first-order chi connectivity index (χ1) is 7.33. The number of benzene rings is 1. The molecule has 0 aliphatic rings. The van der Waals surface area contributed by atoms with Crippen LogP contribution in [0.2, 0.25) is 0 Å². The summed E-state index contributed by atoms with van der Waals surface area (Å²) in [5.74, 6) is 0. The molecule has 0 aliphatic heterocycles. The number of aryl methyl sites for hydroxylation is 2. The highest BCUT2D eigenvalue weighted by Crippen LogP contribution is 2.10. The van der Waals surface area contributed by atoms with E-state index in [1.54, 1.807) is 0 Å². The van der Waals surface area contributed by atoms with Gasteiger partial charge in [0.25, 0.3) is 0 Å². The van der Waals surface area contributed by atoms with E-state index in [0.717, 1.165) is 19.4 Å². The molecule has 2 aromatic rings. The lowest BCUT2D eigenvalue weighted by atomic mass is 10.1. The summed E-state index contributed by atoms with van der Waals surface area (Å²) in [5, 5.41) is 1.29. The molecule has 0 aliphatic carbocycles. The van der Waals surface area contributed by atoms with Gasteiger partial charge in [-0.1, -0.05) is 12.1 Å². The van der Waals surface area contributed by atoms with Crippen molar-refractivity contribution < 1.29 is 21.5 Å². The van der Waals surface area contributed by atoms with Crippen molar-refractivity contribution in [1.82, 2.24) is 0 Å². The summed E-state index contributed by atoms with van der Waals surface area (Å²) in [4.78, 5) is 0. The van der Waals surface area contributed by atoms with Crippen molar-refractivity contribution in [2.24, 2.45) is 12.8 Å². The minimum absolute atomic E-state index is 0. The summed E-state index contributed by atoms with van der Waals surface area (Å²) in [6, 6.07) is 12.8. The van der Waals surface area contributed by atoms with Gasteiger partial charge in [-0.3, -0.25) is 0 Å². The zero-order chi connectivity index (χ0) is 10.7. The van der Waals surface area contributed by atoms with Gasteiger partial charge in [0, 0.05) is 23.9 Å². The summed E-state index contributed by atoms with van der Waals surface area (Å²) >= 11 is 0. The number of para-hydroxylation sites is 1. The molecule has 0 fully saturated rings. The van der Waals surface area contributed by atoms with E-state index >= 15 is 0 Å². The summed E-state index contributed by atoms with van der Waals surface area (Å²) in [6.07, 6.45) is 2.10. The van der Waals surface area contributed by atoms with Gasteiger partial charge in [-0.2, -0.15) is 4.57 Å². The van der Waals surface area contributed by atoms with Gasteiger partial charge in [0.15, 0.2) is 5.69 Å². The molecule has 0 unspecified atom stereocenters. The number of nitrogens with zero attached hydrogens (tertiary/aromatic N) is 1. The maximum Gasteiger partial charge on any atom is 0.212 e. The van der Waals surface area contributed by atoms with Crippen molar-refractivity contribution in [2.75, 3.05) is 6.54 Å². The minimum atomic E-state index is 0. The van der Waals surface area contributed by atoms with E-state index < -0.39 is 0 Å². The zero-order valence-corrected chi connectivity index (χ0v) is 11.1. The van der Waals surface area contributed by atoms with E-state index in [-0.39, 0.29) is 17.0 Å². The van der Waals surface area contributed by atoms with Crippen molar-refractivity contribution in [3.05, 3.63) is 42.1 Å². The molecule has 0 saturated heterocycles. The molecule has 86 valence electrons. The van der Waals surface area contributed by atoms with Crippen LogP contribution < -0.4 is 27.3 Å². The summed E-state index contributed by atoms with van der Waals surface area (Å²) in [5.41, 5.74) is 8.16. The second kappa shape index (κ2) is 5.97. The first-order valence-corrected chi connectivity index (χ1v) is 5.39. The van der Waals surface area contributed by atoms with Crippen molar-refractivity contribution in [3.8, 4) is 0 Å². The minimum Gasteiger partial charge on any atom is -1.00 e. The Morgan fingerprint density at radius 3 is 2.62 bits per heavy atom. The van der Waals surface area contributed by atoms with Gasteiger partial charge in [0.1, 0.15) is 7.05 Å². The fraction of sp³-hybridized carbons (Fsp3) is 0.308. The molecule has 2 N–H and O–H groups in total. The number of pyridine rings is 1. The molecule has 0 spiro atoms. The molecule has 16 heavy (non-hydrogen) atoms. The lowest BCUT2D eigenvalue weighted by Crippen LogP contribution is -3.00. The van der Waals surface area contributed by atoms with Crippen molar-refractivity contribution in [2.45, 2.75) is 12.8 Å². The summed E-state index contributed by atoms with van der Waals surface area (Å²) in [7, 11) is 2.12. The second-order valence-corrected chi connectivity index (χ2v) is 3.83. The molecular formula is C13H17BrN2. The normalized spacial score (nSPS) is 10.1. The number of nitrogens with two attached hydrogens (primary N) is 1. The van der Waals surface area contributed by atoms with Crippen LogP contribution in [0.1, 0.15) is 12.1 Å². The third-order valence-corrected chi connectivity index (χ3v) is 2.82. The number of hydrogen-bond donors (Lipinski definition) is 1. The van der Waals surface area contributed by atoms with Crippen molar-refractivity contribution in [3.63, 3.8) is 0 Å². The number of hydrogen-bond acceptors (Lipinski definition) is 1. The molecule has 2 rings (SSSR count). The van der Waals surface area contributed by atoms with Crippen LogP contribution in [0.5, 0.6) is 0 Å². The quantitative estimate of drug-likeness (QED) is 0.686. The largest absolute Gasteiger partial charge is 1.00 e. The maximum absolute atomic E-state index is 5.53. The molecule has 2 nitrogen and oxygen atoms in total. The molecule has 0 radical (unpaired) electrons. The Bertz CT molecular complexity index is 468. The third-order valence-electron chi connectivity index (χ3n) is 2.82. The second-order valence-electron chi connectivity index (χ2n) is 3.83. The molecule has 1 aromatic heterocycles. The maximum atomic E-state index is 5.53. The first kappa shape index (κ1) is 13.1. The van der Waals surface area contributed by atoms with Gasteiger partial charge in [0.05, 0.1) is 0 Å². The van der Waals surface area contributed by atoms with E-state index in [2.05, 4.69) is 48.0 Å². The van der Waals surface area contributed by atoms with Crippen LogP contribution in [0.25, 0.3) is 10.9 Å². The zero-order valence-electron chi connectivity index (χ0n) is 9.49. The molecular weight excluding hydrogens is 264 g/mol. The van der Waals surface area contributed by atoms with Crippen LogP contribution in [0, 0.1) is 0 Å². The van der Waals surface area contributed by atoms with Crippen LogP contribution in [0.4, 0.5) is 0 Å². The highest BCUT2D eigenvalue weighted by molar-refractivity contribution is 5.75. The van der Waals surface area contributed by atoms with Gasteiger partial charge >= 0.3 is 0 Å². The lowest BCUT2D eigenvalue weighted by Gasteiger charge is -2.02. The summed E-state index contributed by atoms with van der Waals surface area (Å²) in [6.45, 7) is 0.757. The summed E-state index contributed by atoms with van der Waals surface area (Å²) < 4.78 is 2.25. The van der Waals surface area contributed by atoms with Crippen LogP contribution in [0.3, 0.4) is 0 Å². The van der Waals surface area contributed by atoms with Crippen LogP contribution in [-0.4, -0.2) is 6.54 Å². The van der Waals surface area contributed by atoms with E-state index in [0.29, 0.717) is 0 Å². The average molecular weight is 281 g/mol. The molecule has 1 heterocycles. The first-order valence-electron chi connectivity index (χ1n) is 5.39. The fourth-order valence-electron chi connectivity index (χ4n) is 1.92. The SMILES string of the molecule is C[n+]1c(CCCN)ccc2ccccc21.[Br-]. The molecule has 1 aromatic carbocycles. The standard InChI is InChI=1S/C13H17N2.BrH/c1-15-12(6-4-10-14)9-8-11-5-2-3-7-13(11)15;/h2-3,5,7-9H,4,6,10,14H2,1H3;1H/q+1;/p-1. The predicted octanol–water partition coefficient (Wildman–Crippen LogP) is -1.44. The molecule has 0 bridgehead atoms. The van der Waals surface area contributed by atoms with E-state index in [9.17, 15) is 0 Å². The van der Waals surface area contributed by atoms with Crippen LogP contribution in [0.15, 0.2) is 36.4 Å². The van der Waals surface area contributed by atoms with Gasteiger partial charge in [-0.25, -0.2) is 0 Å². The Morgan fingerprint density at radius 1 is 1.12 bits per heavy atom. The topological polar surface area (TPSA) is 29.9 Å². The molecule has 3 heteroatoms. The number of rotatable bonds is 3. The van der Waals surface area contributed by atoms with E-state index in [1.807, 2.05) is 0 Å². The molecule has 0 amide bonds. The van der Waals surface area contributed by atoms with E-state index in [1.165, 1.54) is 16.6 Å². The van der Waals surface area contributed by atoms with Crippen molar-refractivity contribution >= 4 is 10.9 Å². The number of fused-ring (bicyclic) bond motifs is 1. The Labute approximate surface area is 107 Å². The Morgan fingerprint density at radius 2 is 1.88 bits per heavy atom. The van der Waals surface area contributed by atoms with Gasteiger partial charge in [-0.05, 0) is 25.1 Å². The Hall–Kier alpha value is -0.930. The third kappa shape index (κ3) is 2.60. The van der Waals surface area contributed by atoms with Crippen LogP contribution in [-0.2, 0) is 13.5 Å². The van der Waals surface area contributed by atoms with Gasteiger partial charge in [-0.15, -0.1) is 0 Å². The molecule has 0 atom stereocenters. The fourth-order valence-corrected chi connectivity index (χ4v) is 1.92. The van der Waals surface area contributed by atoms with Gasteiger partial charge < -0.3 is 22.7 Å². The predicted molar refractivity (Wildman–Crippen MR) is 62.5 cm³/mol. The lowest BCUT2D eigenvalue weighted by molar-refractivity contribution is -0.652. The van der Waals surface area contributed by atoms with Gasteiger partial charge in [0.2, 0.25) is 5.52 Å². The Kier molecular flexibility index (Phi) is 4.90. The highest BCUT2D eigenvalue weighted by atomic mass is 79.9. The van der Waals surface area contributed by atoms with Crippen molar-refractivity contribution in [1.29, 1.82) is 0 Å². The highest BCUT2D eigenvalue weighted by Gasteiger charge is 2.09. The number of halogens is 1. The molecule has 0 saturated carbocycles. The Balaban J connectivity index is 0.00000128. The smallest absolute Gasteiger partial charge is 0.212 e. The van der Waals surface area contributed by atoms with E-state index in [4.69, 9.17) is 5.73 Å². The monoisotopic (exact) mass is 280 g/mol.